The molecule has 2 atom stereocenters. The number of amides is 1. The first-order valence-electron chi connectivity index (χ1n) is 4.81. The van der Waals surface area contributed by atoms with Crippen LogP contribution in [-0.4, -0.2) is 24.1 Å². The van der Waals surface area contributed by atoms with Crippen molar-refractivity contribution in [3.05, 3.63) is 22.4 Å². The van der Waals surface area contributed by atoms with Gasteiger partial charge in [0.1, 0.15) is 0 Å². The molecule has 0 saturated heterocycles. The number of rotatable bonds is 6. The summed E-state index contributed by atoms with van der Waals surface area (Å²) in [7, 11) is 0. The van der Waals surface area contributed by atoms with E-state index in [0.717, 1.165) is 5.56 Å². The second-order valence-electron chi connectivity index (χ2n) is 3.53. The van der Waals surface area contributed by atoms with Crippen LogP contribution >= 0.6 is 11.3 Å². The minimum absolute atomic E-state index is 0.209. The lowest BCUT2D eigenvalue weighted by Gasteiger charge is -2.12. The van der Waals surface area contributed by atoms with Gasteiger partial charge in [-0.05, 0) is 22.4 Å². The Bertz CT molecular complexity index is 300. The van der Waals surface area contributed by atoms with E-state index in [1.54, 1.807) is 18.3 Å². The number of primary amides is 1. The van der Waals surface area contributed by atoms with Gasteiger partial charge in [0.05, 0.1) is 6.10 Å². The Morgan fingerprint density at radius 1 is 1.67 bits per heavy atom. The average Bonchev–Trinajstić information content (AvgIpc) is 2.70. The number of carbonyl (C=O) groups excluding carboxylic acids is 1. The monoisotopic (exact) mass is 228 g/mol. The van der Waals surface area contributed by atoms with Crippen molar-refractivity contribution in [1.82, 2.24) is 5.32 Å². The van der Waals surface area contributed by atoms with E-state index < -0.39 is 6.10 Å². The summed E-state index contributed by atoms with van der Waals surface area (Å²) in [5, 5.41) is 16.5. The van der Waals surface area contributed by atoms with Crippen molar-refractivity contribution in [3.63, 3.8) is 0 Å². The summed E-state index contributed by atoms with van der Waals surface area (Å²) in [5.74, 6) is -0.535. The molecule has 0 radical (unpaired) electrons. The second kappa shape index (κ2) is 5.85. The van der Waals surface area contributed by atoms with E-state index in [4.69, 9.17) is 5.73 Å². The highest BCUT2D eigenvalue weighted by Crippen LogP contribution is 2.14. The summed E-state index contributed by atoms with van der Waals surface area (Å²) in [6.45, 7) is 2.69. The highest BCUT2D eigenvalue weighted by Gasteiger charge is 2.10. The van der Waals surface area contributed by atoms with Gasteiger partial charge in [0.15, 0.2) is 0 Å². The molecular weight excluding hydrogens is 212 g/mol. The van der Waals surface area contributed by atoms with E-state index in [9.17, 15) is 9.90 Å². The van der Waals surface area contributed by atoms with E-state index in [1.807, 2.05) is 16.8 Å². The molecule has 4 N–H and O–H groups in total. The fourth-order valence-electron chi connectivity index (χ4n) is 1.12. The van der Waals surface area contributed by atoms with Crippen LogP contribution in [0.2, 0.25) is 0 Å². The number of hydrogen-bond acceptors (Lipinski definition) is 4. The molecule has 1 amide bonds. The molecule has 1 heterocycles. The predicted molar refractivity (Wildman–Crippen MR) is 60.5 cm³/mol. The van der Waals surface area contributed by atoms with Crippen LogP contribution in [0.3, 0.4) is 0 Å². The summed E-state index contributed by atoms with van der Waals surface area (Å²) in [5.41, 5.74) is 6.01. The van der Waals surface area contributed by atoms with Crippen molar-refractivity contribution in [3.8, 4) is 0 Å². The van der Waals surface area contributed by atoms with Crippen LogP contribution in [0, 0.1) is 5.92 Å². The Morgan fingerprint density at radius 2 is 2.40 bits per heavy atom. The minimum atomic E-state index is -0.517. The van der Waals surface area contributed by atoms with E-state index in [-0.39, 0.29) is 11.8 Å². The molecule has 1 rings (SSSR count). The fourth-order valence-corrected chi connectivity index (χ4v) is 1.83. The van der Waals surface area contributed by atoms with Crippen molar-refractivity contribution in [1.29, 1.82) is 0 Å². The molecule has 0 spiro atoms. The Kier molecular flexibility index (Phi) is 4.74. The first-order chi connectivity index (χ1) is 7.11. The Labute approximate surface area is 93.1 Å². The molecule has 2 unspecified atom stereocenters. The van der Waals surface area contributed by atoms with Gasteiger partial charge in [0.2, 0.25) is 5.91 Å². The van der Waals surface area contributed by atoms with Gasteiger partial charge in [-0.15, -0.1) is 0 Å². The van der Waals surface area contributed by atoms with Gasteiger partial charge in [0.25, 0.3) is 0 Å². The van der Waals surface area contributed by atoms with E-state index >= 15 is 0 Å². The number of hydrogen-bond donors (Lipinski definition) is 3. The van der Waals surface area contributed by atoms with Gasteiger partial charge in [-0.1, -0.05) is 6.92 Å². The van der Waals surface area contributed by atoms with Crippen LogP contribution in [-0.2, 0) is 4.79 Å². The molecular formula is C10H16N2O2S. The molecule has 0 aliphatic heterocycles. The predicted octanol–water partition coefficient (Wildman–Crippen LogP) is 0.493. The van der Waals surface area contributed by atoms with Crippen molar-refractivity contribution in [2.75, 3.05) is 13.1 Å². The first-order valence-corrected chi connectivity index (χ1v) is 5.75. The fraction of sp³-hybridized carbons (Fsp3) is 0.500. The molecule has 0 bridgehead atoms. The van der Waals surface area contributed by atoms with Crippen LogP contribution < -0.4 is 11.1 Å². The SMILES string of the molecule is CC(CNCC(O)c1ccsc1)C(N)=O. The quantitative estimate of drug-likeness (QED) is 0.663. The molecule has 4 nitrogen and oxygen atoms in total. The molecule has 84 valence electrons. The Hall–Kier alpha value is -0.910. The Balaban J connectivity index is 2.23. The molecule has 1 aromatic rings. The number of carbonyl (C=O) groups is 1. The van der Waals surface area contributed by atoms with Crippen LogP contribution in [0.1, 0.15) is 18.6 Å². The van der Waals surface area contributed by atoms with Crippen molar-refractivity contribution in [2.45, 2.75) is 13.0 Å². The maximum absolute atomic E-state index is 10.7. The largest absolute Gasteiger partial charge is 0.387 e. The maximum Gasteiger partial charge on any atom is 0.221 e. The third-order valence-electron chi connectivity index (χ3n) is 2.20. The Morgan fingerprint density at radius 3 is 2.93 bits per heavy atom. The van der Waals surface area contributed by atoms with Crippen molar-refractivity contribution >= 4 is 17.2 Å². The first kappa shape index (κ1) is 12.2. The van der Waals surface area contributed by atoms with E-state index in [1.165, 1.54) is 0 Å². The lowest BCUT2D eigenvalue weighted by molar-refractivity contribution is -0.121. The smallest absolute Gasteiger partial charge is 0.221 e. The third kappa shape index (κ3) is 3.99. The summed E-state index contributed by atoms with van der Waals surface area (Å²) in [6.07, 6.45) is -0.517. The number of nitrogens with one attached hydrogen (secondary N) is 1. The summed E-state index contributed by atoms with van der Waals surface area (Å²) >= 11 is 1.55. The summed E-state index contributed by atoms with van der Waals surface area (Å²) in [4.78, 5) is 10.7. The molecule has 0 aromatic carbocycles. The van der Waals surface area contributed by atoms with Gasteiger partial charge < -0.3 is 16.2 Å². The van der Waals surface area contributed by atoms with Crippen LogP contribution in [0.25, 0.3) is 0 Å². The lowest BCUT2D eigenvalue weighted by Crippen LogP contribution is -2.33. The van der Waals surface area contributed by atoms with E-state index in [2.05, 4.69) is 5.32 Å². The standard InChI is InChI=1S/C10H16N2O2S/c1-7(10(11)14)4-12-5-9(13)8-2-3-15-6-8/h2-3,6-7,9,12-13H,4-5H2,1H3,(H2,11,14). The molecule has 0 aliphatic carbocycles. The second-order valence-corrected chi connectivity index (χ2v) is 4.31. The number of thiophene rings is 1. The lowest BCUT2D eigenvalue weighted by atomic mass is 10.1. The van der Waals surface area contributed by atoms with Crippen LogP contribution in [0.15, 0.2) is 16.8 Å². The molecule has 5 heteroatoms. The molecule has 1 aromatic heterocycles. The van der Waals surface area contributed by atoms with Crippen LogP contribution in [0.5, 0.6) is 0 Å². The zero-order valence-corrected chi connectivity index (χ0v) is 9.46. The average molecular weight is 228 g/mol. The van der Waals surface area contributed by atoms with Gasteiger partial charge in [0, 0.05) is 19.0 Å². The number of aliphatic hydroxyl groups is 1. The highest BCUT2D eigenvalue weighted by molar-refractivity contribution is 7.07. The van der Waals surface area contributed by atoms with Crippen molar-refractivity contribution in [2.24, 2.45) is 11.7 Å². The highest BCUT2D eigenvalue weighted by atomic mass is 32.1. The number of aliphatic hydroxyl groups excluding tert-OH is 1. The zero-order chi connectivity index (χ0) is 11.3. The van der Waals surface area contributed by atoms with Gasteiger partial charge in [-0.25, -0.2) is 0 Å². The summed E-state index contributed by atoms with van der Waals surface area (Å²) < 4.78 is 0. The van der Waals surface area contributed by atoms with Gasteiger partial charge in [-0.2, -0.15) is 11.3 Å². The molecule has 0 saturated carbocycles. The zero-order valence-electron chi connectivity index (χ0n) is 8.64. The van der Waals surface area contributed by atoms with Gasteiger partial charge in [-0.3, -0.25) is 4.79 Å². The maximum atomic E-state index is 10.7. The minimum Gasteiger partial charge on any atom is -0.387 e. The number of nitrogens with two attached hydrogens (primary N) is 1. The van der Waals surface area contributed by atoms with Gasteiger partial charge >= 0.3 is 0 Å². The normalized spacial score (nSPS) is 14.8. The molecule has 0 fully saturated rings. The summed E-state index contributed by atoms with van der Waals surface area (Å²) in [6, 6.07) is 1.88. The third-order valence-corrected chi connectivity index (χ3v) is 2.90. The topological polar surface area (TPSA) is 75.3 Å². The van der Waals surface area contributed by atoms with Crippen molar-refractivity contribution < 1.29 is 9.90 Å². The molecule has 15 heavy (non-hydrogen) atoms. The molecule has 0 aliphatic rings. The van der Waals surface area contributed by atoms with E-state index in [0.29, 0.717) is 13.1 Å². The van der Waals surface area contributed by atoms with Crippen LogP contribution in [0.4, 0.5) is 0 Å².